The van der Waals surface area contributed by atoms with Crippen molar-refractivity contribution >= 4 is 0 Å². The van der Waals surface area contributed by atoms with Crippen LogP contribution in [0.15, 0.2) is 11.6 Å². The zero-order valence-corrected chi connectivity index (χ0v) is 10.8. The van der Waals surface area contributed by atoms with Gasteiger partial charge in [0.2, 0.25) is 0 Å². The molecule has 0 heterocycles. The Morgan fingerprint density at radius 3 is 2.67 bits per heavy atom. The highest BCUT2D eigenvalue weighted by atomic mass is 14.8. The lowest BCUT2D eigenvalue weighted by molar-refractivity contribution is 0.323. The van der Waals surface area contributed by atoms with Crippen LogP contribution in [-0.2, 0) is 0 Å². The average molecular weight is 209 g/mol. The first-order valence-electron chi connectivity index (χ1n) is 6.48. The standard InChI is InChI=1S/C14H27N/c1-11(2)14(10-15-4)9-13-7-5-6-12(3)8-13/h9,11-13,15H,5-8,10H2,1-4H3/b14-9+. The lowest BCUT2D eigenvalue weighted by Crippen LogP contribution is -2.17. The van der Waals surface area contributed by atoms with Gasteiger partial charge in [-0.15, -0.1) is 0 Å². The van der Waals surface area contributed by atoms with Crippen LogP contribution >= 0.6 is 0 Å². The fraction of sp³-hybridized carbons (Fsp3) is 0.857. The van der Waals surface area contributed by atoms with Crippen molar-refractivity contribution in [2.24, 2.45) is 17.8 Å². The van der Waals surface area contributed by atoms with Crippen LogP contribution in [0.25, 0.3) is 0 Å². The van der Waals surface area contributed by atoms with Crippen molar-refractivity contribution in [3.63, 3.8) is 0 Å². The van der Waals surface area contributed by atoms with Crippen LogP contribution in [-0.4, -0.2) is 13.6 Å². The molecule has 2 unspecified atom stereocenters. The topological polar surface area (TPSA) is 12.0 Å². The lowest BCUT2D eigenvalue weighted by atomic mass is 9.81. The van der Waals surface area contributed by atoms with E-state index in [9.17, 15) is 0 Å². The Morgan fingerprint density at radius 1 is 1.40 bits per heavy atom. The SMILES string of the molecule is CNC/C(=C\C1CCCC(C)C1)C(C)C. The van der Waals surface area contributed by atoms with Crippen molar-refractivity contribution < 1.29 is 0 Å². The van der Waals surface area contributed by atoms with Crippen LogP contribution in [0.2, 0.25) is 0 Å². The summed E-state index contributed by atoms with van der Waals surface area (Å²) in [5.41, 5.74) is 1.59. The quantitative estimate of drug-likeness (QED) is 0.697. The molecular weight excluding hydrogens is 182 g/mol. The Labute approximate surface area is 95.3 Å². The lowest BCUT2D eigenvalue weighted by Gasteiger charge is -2.26. The van der Waals surface area contributed by atoms with Crippen LogP contribution < -0.4 is 5.32 Å². The van der Waals surface area contributed by atoms with Crippen LogP contribution in [0.1, 0.15) is 46.5 Å². The van der Waals surface area contributed by atoms with E-state index in [1.165, 1.54) is 25.7 Å². The van der Waals surface area contributed by atoms with Gasteiger partial charge in [-0.1, -0.05) is 45.3 Å². The van der Waals surface area contributed by atoms with E-state index >= 15 is 0 Å². The fourth-order valence-electron chi connectivity index (χ4n) is 2.59. The van der Waals surface area contributed by atoms with Gasteiger partial charge in [-0.3, -0.25) is 0 Å². The Kier molecular flexibility index (Phi) is 5.38. The summed E-state index contributed by atoms with van der Waals surface area (Å²) in [6.45, 7) is 8.06. The normalized spacial score (nSPS) is 28.5. The molecule has 1 nitrogen and oxygen atoms in total. The number of nitrogens with one attached hydrogen (secondary N) is 1. The largest absolute Gasteiger partial charge is 0.316 e. The molecule has 1 fully saturated rings. The molecule has 0 aromatic rings. The summed E-state index contributed by atoms with van der Waals surface area (Å²) < 4.78 is 0. The molecule has 88 valence electrons. The highest BCUT2D eigenvalue weighted by Gasteiger charge is 2.17. The monoisotopic (exact) mass is 209 g/mol. The van der Waals surface area contributed by atoms with Gasteiger partial charge in [0.25, 0.3) is 0 Å². The summed E-state index contributed by atoms with van der Waals surface area (Å²) in [4.78, 5) is 0. The van der Waals surface area contributed by atoms with Crippen molar-refractivity contribution in [2.45, 2.75) is 46.5 Å². The van der Waals surface area contributed by atoms with E-state index in [2.05, 4.69) is 32.2 Å². The number of allylic oxidation sites excluding steroid dienone is 1. The highest BCUT2D eigenvalue weighted by Crippen LogP contribution is 2.30. The minimum atomic E-state index is 0.690. The van der Waals surface area contributed by atoms with Crippen LogP contribution in [0, 0.1) is 17.8 Å². The summed E-state index contributed by atoms with van der Waals surface area (Å²) in [6, 6.07) is 0. The fourth-order valence-corrected chi connectivity index (χ4v) is 2.59. The molecular formula is C14H27N. The van der Waals surface area contributed by atoms with E-state index in [4.69, 9.17) is 0 Å². The first kappa shape index (κ1) is 12.8. The second kappa shape index (κ2) is 6.32. The molecule has 0 saturated heterocycles. The summed E-state index contributed by atoms with van der Waals surface area (Å²) >= 11 is 0. The van der Waals surface area contributed by atoms with Gasteiger partial charge >= 0.3 is 0 Å². The molecule has 1 N–H and O–H groups in total. The van der Waals surface area contributed by atoms with E-state index in [1.807, 2.05) is 7.05 Å². The second-order valence-corrected chi connectivity index (χ2v) is 5.46. The van der Waals surface area contributed by atoms with E-state index in [0.29, 0.717) is 5.92 Å². The predicted molar refractivity (Wildman–Crippen MR) is 68.0 cm³/mol. The molecule has 1 heteroatoms. The maximum absolute atomic E-state index is 3.28. The van der Waals surface area contributed by atoms with Gasteiger partial charge in [0.05, 0.1) is 0 Å². The van der Waals surface area contributed by atoms with Crippen LogP contribution in [0.5, 0.6) is 0 Å². The van der Waals surface area contributed by atoms with Gasteiger partial charge in [-0.25, -0.2) is 0 Å². The van der Waals surface area contributed by atoms with Crippen molar-refractivity contribution in [2.75, 3.05) is 13.6 Å². The predicted octanol–water partition coefficient (Wildman–Crippen LogP) is 3.61. The molecule has 1 aliphatic rings. The second-order valence-electron chi connectivity index (χ2n) is 5.46. The Hall–Kier alpha value is -0.300. The zero-order chi connectivity index (χ0) is 11.3. The van der Waals surface area contributed by atoms with Crippen molar-refractivity contribution in [1.82, 2.24) is 5.32 Å². The molecule has 0 aromatic carbocycles. The van der Waals surface area contributed by atoms with E-state index in [-0.39, 0.29) is 0 Å². The van der Waals surface area contributed by atoms with Gasteiger partial charge < -0.3 is 5.32 Å². The molecule has 2 atom stereocenters. The van der Waals surface area contributed by atoms with Gasteiger partial charge in [-0.05, 0) is 37.6 Å². The molecule has 0 spiro atoms. The summed E-state index contributed by atoms with van der Waals surface area (Å²) in [7, 11) is 2.04. The molecule has 0 radical (unpaired) electrons. The highest BCUT2D eigenvalue weighted by molar-refractivity contribution is 5.09. The van der Waals surface area contributed by atoms with Gasteiger partial charge in [0.15, 0.2) is 0 Å². The van der Waals surface area contributed by atoms with E-state index in [1.54, 1.807) is 5.57 Å². The summed E-state index contributed by atoms with van der Waals surface area (Å²) in [6.07, 6.45) is 8.22. The maximum atomic E-state index is 3.28. The number of likely N-dealkylation sites (N-methyl/N-ethyl adjacent to an activating group) is 1. The van der Waals surface area contributed by atoms with Gasteiger partial charge in [0.1, 0.15) is 0 Å². The third-order valence-electron chi connectivity index (χ3n) is 3.55. The Morgan fingerprint density at radius 2 is 2.13 bits per heavy atom. The molecule has 0 amide bonds. The van der Waals surface area contributed by atoms with Crippen LogP contribution in [0.3, 0.4) is 0 Å². The molecule has 0 aliphatic heterocycles. The van der Waals surface area contributed by atoms with Gasteiger partial charge in [0, 0.05) is 6.54 Å². The maximum Gasteiger partial charge on any atom is 0.0164 e. The first-order chi connectivity index (χ1) is 7.13. The summed E-state index contributed by atoms with van der Waals surface area (Å²) in [5.74, 6) is 2.47. The Bertz CT molecular complexity index is 205. The molecule has 1 saturated carbocycles. The Balaban J connectivity index is 2.56. The molecule has 1 rings (SSSR count). The smallest absolute Gasteiger partial charge is 0.0164 e. The van der Waals surface area contributed by atoms with Crippen molar-refractivity contribution in [3.8, 4) is 0 Å². The van der Waals surface area contributed by atoms with Gasteiger partial charge in [-0.2, -0.15) is 0 Å². The summed E-state index contributed by atoms with van der Waals surface area (Å²) in [5, 5.41) is 3.28. The number of hydrogen-bond donors (Lipinski definition) is 1. The van der Waals surface area contributed by atoms with Crippen LogP contribution in [0.4, 0.5) is 0 Å². The van der Waals surface area contributed by atoms with Crippen molar-refractivity contribution in [1.29, 1.82) is 0 Å². The molecule has 15 heavy (non-hydrogen) atoms. The average Bonchev–Trinajstić information content (AvgIpc) is 2.17. The minimum absolute atomic E-state index is 0.690. The number of rotatable bonds is 4. The zero-order valence-electron chi connectivity index (χ0n) is 10.8. The third-order valence-corrected chi connectivity index (χ3v) is 3.55. The molecule has 0 aromatic heterocycles. The van der Waals surface area contributed by atoms with E-state index < -0.39 is 0 Å². The minimum Gasteiger partial charge on any atom is -0.316 e. The number of hydrogen-bond acceptors (Lipinski definition) is 1. The van der Waals surface area contributed by atoms with E-state index in [0.717, 1.165) is 18.4 Å². The third kappa shape index (κ3) is 4.38. The molecule has 0 bridgehead atoms. The molecule has 1 aliphatic carbocycles. The van der Waals surface area contributed by atoms with Crippen molar-refractivity contribution in [3.05, 3.63) is 11.6 Å². The first-order valence-corrected chi connectivity index (χ1v) is 6.48.